The largest absolute Gasteiger partial charge is 0.394 e. The first-order valence-electron chi connectivity index (χ1n) is 6.61. The number of hydrogen-bond donors (Lipinski definition) is 2. The van der Waals surface area contributed by atoms with Crippen LogP contribution >= 0.6 is 0 Å². The predicted molar refractivity (Wildman–Crippen MR) is 72.2 cm³/mol. The van der Waals surface area contributed by atoms with Crippen molar-refractivity contribution in [2.24, 2.45) is 5.92 Å². The zero-order valence-corrected chi connectivity index (χ0v) is 11.3. The molecule has 1 heterocycles. The molecule has 0 saturated heterocycles. The number of nitrogens with zero attached hydrogens (tertiary/aromatic N) is 2. The van der Waals surface area contributed by atoms with Crippen molar-refractivity contribution in [1.29, 1.82) is 0 Å². The van der Waals surface area contributed by atoms with Gasteiger partial charge in [0.25, 0.3) is 0 Å². The lowest BCUT2D eigenvalue weighted by molar-refractivity contribution is 0.513. The molecule has 96 valence electrons. The van der Waals surface area contributed by atoms with E-state index in [0.29, 0.717) is 12.1 Å². The third-order valence-electron chi connectivity index (χ3n) is 3.80. The molecule has 2 atom stereocenters. The summed E-state index contributed by atoms with van der Waals surface area (Å²) in [4.78, 5) is 0. The molecule has 1 aliphatic rings. The molecule has 2 unspecified atom stereocenters. The van der Waals surface area contributed by atoms with Gasteiger partial charge in [0.05, 0.1) is 11.4 Å². The van der Waals surface area contributed by atoms with Gasteiger partial charge in [-0.25, -0.2) is 4.68 Å². The molecule has 3 N–H and O–H groups in total. The van der Waals surface area contributed by atoms with E-state index in [1.54, 1.807) is 0 Å². The Labute approximate surface area is 104 Å². The standard InChI is InChI=1S/C13H24N4/c1-8(2)17-13(12(14)10(4)16-17)15-11-7-5-6-9(11)3/h8-9,11,15H,5-7,14H2,1-4H3. The van der Waals surface area contributed by atoms with Crippen molar-refractivity contribution in [2.75, 3.05) is 11.1 Å². The fourth-order valence-corrected chi connectivity index (χ4v) is 2.61. The quantitative estimate of drug-likeness (QED) is 0.848. The summed E-state index contributed by atoms with van der Waals surface area (Å²) >= 11 is 0. The Bertz CT molecular complexity index is 394. The Kier molecular flexibility index (Phi) is 3.31. The van der Waals surface area contributed by atoms with E-state index in [4.69, 9.17) is 5.73 Å². The summed E-state index contributed by atoms with van der Waals surface area (Å²) < 4.78 is 2.01. The van der Waals surface area contributed by atoms with Crippen molar-refractivity contribution in [3.63, 3.8) is 0 Å². The second-order valence-electron chi connectivity index (χ2n) is 5.55. The molecule has 4 heteroatoms. The number of anilines is 2. The van der Waals surface area contributed by atoms with Crippen LogP contribution in [-0.4, -0.2) is 15.8 Å². The normalized spacial score (nSPS) is 24.5. The molecule has 1 aliphatic carbocycles. The van der Waals surface area contributed by atoms with Crippen molar-refractivity contribution in [1.82, 2.24) is 9.78 Å². The second-order valence-corrected chi connectivity index (χ2v) is 5.55. The summed E-state index contributed by atoms with van der Waals surface area (Å²) in [5.41, 5.74) is 7.85. The Balaban J connectivity index is 2.24. The highest BCUT2D eigenvalue weighted by atomic mass is 15.4. The average Bonchev–Trinajstić information content (AvgIpc) is 2.78. The second kappa shape index (κ2) is 4.59. The zero-order valence-electron chi connectivity index (χ0n) is 11.3. The van der Waals surface area contributed by atoms with E-state index in [0.717, 1.165) is 23.1 Å². The van der Waals surface area contributed by atoms with Crippen molar-refractivity contribution in [3.05, 3.63) is 5.69 Å². The molecule has 2 rings (SSSR count). The molecule has 1 aromatic heterocycles. The minimum Gasteiger partial charge on any atom is -0.394 e. The maximum absolute atomic E-state index is 6.12. The van der Waals surface area contributed by atoms with Gasteiger partial charge in [-0.05, 0) is 39.5 Å². The first-order chi connectivity index (χ1) is 8.00. The number of aryl methyl sites for hydroxylation is 1. The number of hydrogen-bond acceptors (Lipinski definition) is 3. The van der Waals surface area contributed by atoms with E-state index in [9.17, 15) is 0 Å². The first-order valence-corrected chi connectivity index (χ1v) is 6.61. The number of nitrogens with two attached hydrogens (primary N) is 1. The molecule has 1 saturated carbocycles. The SMILES string of the molecule is Cc1nn(C(C)C)c(NC2CCCC2C)c1N. The van der Waals surface area contributed by atoms with Crippen molar-refractivity contribution in [2.45, 2.75) is 59.0 Å². The smallest absolute Gasteiger partial charge is 0.148 e. The first kappa shape index (κ1) is 12.3. The van der Waals surface area contributed by atoms with Crippen LogP contribution < -0.4 is 11.1 Å². The summed E-state index contributed by atoms with van der Waals surface area (Å²) in [6.45, 7) is 8.55. The molecule has 1 aromatic rings. The van der Waals surface area contributed by atoms with Gasteiger partial charge in [-0.15, -0.1) is 0 Å². The summed E-state index contributed by atoms with van der Waals surface area (Å²) in [5.74, 6) is 1.74. The fraction of sp³-hybridized carbons (Fsp3) is 0.769. The third kappa shape index (κ3) is 2.26. The highest BCUT2D eigenvalue weighted by Gasteiger charge is 2.26. The third-order valence-corrected chi connectivity index (χ3v) is 3.80. The van der Waals surface area contributed by atoms with E-state index in [-0.39, 0.29) is 0 Å². The lowest BCUT2D eigenvalue weighted by Gasteiger charge is -2.21. The van der Waals surface area contributed by atoms with Crippen molar-refractivity contribution >= 4 is 11.5 Å². The summed E-state index contributed by atoms with van der Waals surface area (Å²) in [5, 5.41) is 8.11. The van der Waals surface area contributed by atoms with E-state index in [2.05, 4.69) is 31.2 Å². The van der Waals surface area contributed by atoms with Crippen LogP contribution in [0.25, 0.3) is 0 Å². The molecule has 0 spiro atoms. The average molecular weight is 236 g/mol. The van der Waals surface area contributed by atoms with Crippen LogP contribution in [0.3, 0.4) is 0 Å². The fourth-order valence-electron chi connectivity index (χ4n) is 2.61. The maximum Gasteiger partial charge on any atom is 0.148 e. The van der Waals surface area contributed by atoms with Gasteiger partial charge in [-0.1, -0.05) is 13.3 Å². The molecular formula is C13H24N4. The van der Waals surface area contributed by atoms with E-state index in [1.807, 2.05) is 11.6 Å². The molecule has 17 heavy (non-hydrogen) atoms. The molecule has 0 radical (unpaired) electrons. The molecular weight excluding hydrogens is 212 g/mol. The van der Waals surface area contributed by atoms with Crippen LogP contribution in [0.5, 0.6) is 0 Å². The Morgan fingerprint density at radius 1 is 1.41 bits per heavy atom. The predicted octanol–water partition coefficient (Wildman–Crippen LogP) is 2.96. The van der Waals surface area contributed by atoms with Crippen molar-refractivity contribution in [3.8, 4) is 0 Å². The van der Waals surface area contributed by atoms with Crippen LogP contribution in [0.15, 0.2) is 0 Å². The highest BCUT2D eigenvalue weighted by Crippen LogP contribution is 2.32. The van der Waals surface area contributed by atoms with Crippen molar-refractivity contribution < 1.29 is 0 Å². The lowest BCUT2D eigenvalue weighted by Crippen LogP contribution is -2.24. The van der Waals surface area contributed by atoms with Gasteiger partial charge >= 0.3 is 0 Å². The van der Waals surface area contributed by atoms with Crippen LogP contribution in [0.1, 0.15) is 51.8 Å². The van der Waals surface area contributed by atoms with Crippen LogP contribution in [-0.2, 0) is 0 Å². The summed E-state index contributed by atoms with van der Waals surface area (Å²) in [7, 11) is 0. The van der Waals surface area contributed by atoms with Gasteiger partial charge in [-0.2, -0.15) is 5.10 Å². The van der Waals surface area contributed by atoms with Gasteiger partial charge in [-0.3, -0.25) is 0 Å². The van der Waals surface area contributed by atoms with Gasteiger partial charge in [0.1, 0.15) is 5.82 Å². The highest BCUT2D eigenvalue weighted by molar-refractivity contribution is 5.65. The number of nitrogen functional groups attached to an aromatic ring is 1. The number of rotatable bonds is 3. The minimum atomic E-state index is 0.338. The molecule has 4 nitrogen and oxygen atoms in total. The lowest BCUT2D eigenvalue weighted by atomic mass is 10.1. The van der Waals surface area contributed by atoms with E-state index in [1.165, 1.54) is 19.3 Å². The summed E-state index contributed by atoms with van der Waals surface area (Å²) in [6, 6.07) is 0.885. The van der Waals surface area contributed by atoms with Gasteiger partial charge < -0.3 is 11.1 Å². The molecule has 0 amide bonds. The Hall–Kier alpha value is -1.19. The minimum absolute atomic E-state index is 0.338. The zero-order chi connectivity index (χ0) is 12.6. The van der Waals surface area contributed by atoms with Crippen LogP contribution in [0, 0.1) is 12.8 Å². The number of nitrogens with one attached hydrogen (secondary N) is 1. The van der Waals surface area contributed by atoms with Crippen LogP contribution in [0.4, 0.5) is 11.5 Å². The topological polar surface area (TPSA) is 55.9 Å². The molecule has 0 aliphatic heterocycles. The van der Waals surface area contributed by atoms with Gasteiger partial charge in [0.15, 0.2) is 0 Å². The number of aromatic nitrogens is 2. The maximum atomic E-state index is 6.12. The van der Waals surface area contributed by atoms with Gasteiger partial charge in [0, 0.05) is 12.1 Å². The summed E-state index contributed by atoms with van der Waals surface area (Å²) in [6.07, 6.45) is 3.86. The van der Waals surface area contributed by atoms with E-state index < -0.39 is 0 Å². The van der Waals surface area contributed by atoms with Gasteiger partial charge in [0.2, 0.25) is 0 Å². The Morgan fingerprint density at radius 3 is 2.65 bits per heavy atom. The Morgan fingerprint density at radius 2 is 2.12 bits per heavy atom. The molecule has 0 aromatic carbocycles. The van der Waals surface area contributed by atoms with Crippen LogP contribution in [0.2, 0.25) is 0 Å². The monoisotopic (exact) mass is 236 g/mol. The molecule has 1 fully saturated rings. The molecule has 0 bridgehead atoms. The van der Waals surface area contributed by atoms with E-state index >= 15 is 0 Å².